The Kier molecular flexibility index (Phi) is 5.29. The van der Waals surface area contributed by atoms with Gasteiger partial charge in [-0.1, -0.05) is 6.07 Å². The molecule has 6 rings (SSSR count). The van der Waals surface area contributed by atoms with Gasteiger partial charge in [0.1, 0.15) is 11.9 Å². The van der Waals surface area contributed by atoms with Crippen LogP contribution in [0.5, 0.6) is 0 Å². The number of benzene rings is 1. The van der Waals surface area contributed by atoms with Gasteiger partial charge in [-0.05, 0) is 68.1 Å². The van der Waals surface area contributed by atoms with Gasteiger partial charge in [-0.15, -0.1) is 0 Å². The van der Waals surface area contributed by atoms with Crippen LogP contribution in [-0.4, -0.2) is 56.4 Å². The largest absolute Gasteiger partial charge is 0.369 e. The molecule has 1 heterocycles. The number of halogens is 1. The van der Waals surface area contributed by atoms with Gasteiger partial charge in [0.15, 0.2) is 0 Å². The van der Waals surface area contributed by atoms with Gasteiger partial charge in [0.2, 0.25) is 15.9 Å². The van der Waals surface area contributed by atoms with E-state index < -0.39 is 27.4 Å². The van der Waals surface area contributed by atoms with Gasteiger partial charge in [0, 0.05) is 24.5 Å². The Hall–Kier alpha value is -2.04. The summed E-state index contributed by atoms with van der Waals surface area (Å²) in [6.45, 7) is 0.0533. The molecule has 1 aliphatic heterocycles. The average Bonchev–Trinajstić information content (AvgIpc) is 2.75. The molecule has 10 heteroatoms. The number of nitrogens with two attached hydrogens (primary N) is 1. The highest BCUT2D eigenvalue weighted by Gasteiger charge is 2.58. The standard InChI is InChI=1S/C22H28FN3O5S/c23-16-2-1-3-17(8-16)32(29,30)26-4-5-31-18(12-26)20(27)25-19-14-6-13-7-15(19)11-22(9-13,10-14)21(24)28/h1-3,8,13-15,18-19H,4-7,9-12H2,(H2,24,28)(H,25,27). The summed E-state index contributed by atoms with van der Waals surface area (Å²) < 4.78 is 46.2. The summed E-state index contributed by atoms with van der Waals surface area (Å²) in [7, 11) is -3.94. The van der Waals surface area contributed by atoms with Crippen LogP contribution in [0.3, 0.4) is 0 Å². The summed E-state index contributed by atoms with van der Waals surface area (Å²) in [5, 5.41) is 3.11. The van der Waals surface area contributed by atoms with Crippen LogP contribution in [0.25, 0.3) is 0 Å². The molecule has 3 unspecified atom stereocenters. The predicted molar refractivity (Wildman–Crippen MR) is 112 cm³/mol. The number of carbonyl (C=O) groups is 2. The highest BCUT2D eigenvalue weighted by Crippen LogP contribution is 2.59. The molecule has 3 N–H and O–H groups in total. The van der Waals surface area contributed by atoms with E-state index in [0.29, 0.717) is 18.8 Å². The summed E-state index contributed by atoms with van der Waals surface area (Å²) in [5.41, 5.74) is 5.30. The summed E-state index contributed by atoms with van der Waals surface area (Å²) >= 11 is 0. The zero-order valence-electron chi connectivity index (χ0n) is 17.7. The number of nitrogens with one attached hydrogen (secondary N) is 1. The van der Waals surface area contributed by atoms with Crippen LogP contribution in [0.15, 0.2) is 29.2 Å². The molecule has 5 aliphatic rings. The third-order valence-electron chi connectivity index (χ3n) is 7.86. The first-order valence-electron chi connectivity index (χ1n) is 11.2. The number of hydrogen-bond acceptors (Lipinski definition) is 5. The van der Waals surface area contributed by atoms with Crippen molar-refractivity contribution in [3.8, 4) is 0 Å². The molecule has 2 amide bonds. The van der Waals surface area contributed by atoms with Crippen LogP contribution < -0.4 is 11.1 Å². The number of primary amides is 1. The quantitative estimate of drug-likeness (QED) is 0.673. The third-order valence-corrected chi connectivity index (χ3v) is 9.72. The lowest BCUT2D eigenvalue weighted by Crippen LogP contribution is -2.63. The Morgan fingerprint density at radius 3 is 2.56 bits per heavy atom. The van der Waals surface area contributed by atoms with E-state index >= 15 is 0 Å². The lowest BCUT2D eigenvalue weighted by atomic mass is 9.47. The molecule has 1 aromatic carbocycles. The van der Waals surface area contributed by atoms with Crippen molar-refractivity contribution >= 4 is 21.8 Å². The Bertz CT molecular complexity index is 1030. The van der Waals surface area contributed by atoms with E-state index in [0.717, 1.165) is 25.3 Å². The van der Waals surface area contributed by atoms with E-state index in [1.165, 1.54) is 22.5 Å². The minimum absolute atomic E-state index is 0.0506. The first-order chi connectivity index (χ1) is 15.2. The first kappa shape index (κ1) is 21.8. The van der Waals surface area contributed by atoms with Gasteiger partial charge in [0.05, 0.1) is 11.5 Å². The van der Waals surface area contributed by atoms with Crippen molar-refractivity contribution in [3.63, 3.8) is 0 Å². The molecule has 0 spiro atoms. The number of sulfonamides is 1. The monoisotopic (exact) mass is 465 g/mol. The second kappa shape index (κ2) is 7.78. The summed E-state index contributed by atoms with van der Waals surface area (Å²) in [6, 6.07) is 4.79. The summed E-state index contributed by atoms with van der Waals surface area (Å²) in [6.07, 6.45) is 3.27. The van der Waals surface area contributed by atoms with Crippen molar-refractivity contribution in [3.05, 3.63) is 30.1 Å². The molecule has 1 saturated heterocycles. The second-order valence-corrected chi connectivity index (χ2v) is 11.8. The van der Waals surface area contributed by atoms with Crippen molar-refractivity contribution in [2.24, 2.45) is 28.9 Å². The Labute approximate surface area is 186 Å². The van der Waals surface area contributed by atoms with E-state index in [2.05, 4.69) is 5.32 Å². The number of hydrogen-bond donors (Lipinski definition) is 2. The summed E-state index contributed by atoms with van der Waals surface area (Å²) in [5.74, 6) is -0.317. The smallest absolute Gasteiger partial charge is 0.250 e. The van der Waals surface area contributed by atoms with Crippen LogP contribution in [0.1, 0.15) is 32.1 Å². The lowest BCUT2D eigenvalue weighted by Gasteiger charge is -2.59. The zero-order chi connectivity index (χ0) is 22.7. The van der Waals surface area contributed by atoms with Crippen LogP contribution in [0.4, 0.5) is 4.39 Å². The Morgan fingerprint density at radius 2 is 1.91 bits per heavy atom. The van der Waals surface area contributed by atoms with Crippen molar-refractivity contribution < 1.29 is 27.1 Å². The molecule has 5 fully saturated rings. The molecule has 4 bridgehead atoms. The van der Waals surface area contributed by atoms with Crippen molar-refractivity contribution in [2.45, 2.75) is 49.1 Å². The van der Waals surface area contributed by atoms with E-state index in [-0.39, 0.29) is 54.3 Å². The molecule has 32 heavy (non-hydrogen) atoms. The highest BCUT2D eigenvalue weighted by molar-refractivity contribution is 7.89. The molecule has 4 aliphatic carbocycles. The number of carbonyl (C=O) groups excluding carboxylic acids is 2. The molecule has 1 aromatic rings. The van der Waals surface area contributed by atoms with Gasteiger partial charge >= 0.3 is 0 Å². The first-order valence-corrected chi connectivity index (χ1v) is 12.6. The van der Waals surface area contributed by atoms with E-state index in [4.69, 9.17) is 10.5 Å². The summed E-state index contributed by atoms with van der Waals surface area (Å²) in [4.78, 5) is 25.0. The third kappa shape index (κ3) is 3.62. The fourth-order valence-electron chi connectivity index (χ4n) is 6.60. The molecular weight excluding hydrogens is 437 g/mol. The number of amides is 2. The van der Waals surface area contributed by atoms with Gasteiger partial charge in [-0.3, -0.25) is 9.59 Å². The molecule has 0 radical (unpaired) electrons. The molecule has 174 valence electrons. The zero-order valence-corrected chi connectivity index (χ0v) is 18.5. The topological polar surface area (TPSA) is 119 Å². The van der Waals surface area contributed by atoms with Gasteiger partial charge < -0.3 is 15.8 Å². The van der Waals surface area contributed by atoms with Gasteiger partial charge in [0.25, 0.3) is 5.91 Å². The highest BCUT2D eigenvalue weighted by atomic mass is 32.2. The average molecular weight is 466 g/mol. The molecule has 3 atom stereocenters. The Balaban J connectivity index is 1.27. The maximum atomic E-state index is 13.5. The van der Waals surface area contributed by atoms with Crippen LogP contribution >= 0.6 is 0 Å². The minimum Gasteiger partial charge on any atom is -0.369 e. The number of morpholine rings is 1. The van der Waals surface area contributed by atoms with Crippen molar-refractivity contribution in [1.29, 1.82) is 0 Å². The second-order valence-electron chi connectivity index (χ2n) is 9.83. The number of nitrogens with zero attached hydrogens (tertiary/aromatic N) is 1. The van der Waals surface area contributed by atoms with Gasteiger partial charge in [-0.2, -0.15) is 4.31 Å². The minimum atomic E-state index is -3.94. The van der Waals surface area contributed by atoms with E-state index in [9.17, 15) is 22.4 Å². The van der Waals surface area contributed by atoms with Crippen molar-refractivity contribution in [2.75, 3.05) is 19.7 Å². The maximum Gasteiger partial charge on any atom is 0.250 e. The van der Waals surface area contributed by atoms with Gasteiger partial charge in [-0.25, -0.2) is 12.8 Å². The lowest BCUT2D eigenvalue weighted by molar-refractivity contribution is -0.150. The normalized spacial score (nSPS) is 36.7. The number of ether oxygens (including phenoxy) is 1. The molecule has 8 nitrogen and oxygen atoms in total. The fraction of sp³-hybridized carbons (Fsp3) is 0.636. The van der Waals surface area contributed by atoms with Crippen LogP contribution in [0.2, 0.25) is 0 Å². The Morgan fingerprint density at radius 1 is 1.19 bits per heavy atom. The molecule has 4 saturated carbocycles. The van der Waals surface area contributed by atoms with E-state index in [1.54, 1.807) is 0 Å². The number of rotatable bonds is 5. The van der Waals surface area contributed by atoms with Crippen molar-refractivity contribution in [1.82, 2.24) is 9.62 Å². The SMILES string of the molecule is NC(=O)C12CC3CC(C1)C(NC(=O)C1CN(S(=O)(=O)c4cccc(F)c4)CCO1)C(C3)C2. The molecule has 0 aromatic heterocycles. The van der Waals surface area contributed by atoms with Crippen LogP contribution in [-0.2, 0) is 24.3 Å². The fourth-order valence-corrected chi connectivity index (χ4v) is 8.05. The molecular formula is C22H28FN3O5S. The van der Waals surface area contributed by atoms with Crippen LogP contribution in [0, 0.1) is 29.0 Å². The maximum absolute atomic E-state index is 13.5. The van der Waals surface area contributed by atoms with E-state index in [1.807, 2.05) is 0 Å². The predicted octanol–water partition coefficient (Wildman–Crippen LogP) is 1.01.